The minimum absolute atomic E-state index is 0.141. The Morgan fingerprint density at radius 1 is 1.50 bits per heavy atom. The molecule has 1 amide bonds. The van der Waals surface area contributed by atoms with Gasteiger partial charge in [0.05, 0.1) is 5.41 Å². The lowest BCUT2D eigenvalue weighted by Gasteiger charge is -2.32. The van der Waals surface area contributed by atoms with Gasteiger partial charge in [0, 0.05) is 20.6 Å². The van der Waals surface area contributed by atoms with Gasteiger partial charge in [-0.15, -0.1) is 0 Å². The summed E-state index contributed by atoms with van der Waals surface area (Å²) in [5.41, 5.74) is 2.64. The van der Waals surface area contributed by atoms with Gasteiger partial charge in [0.1, 0.15) is 0 Å². The van der Waals surface area contributed by atoms with Crippen molar-refractivity contribution in [2.75, 3.05) is 27.2 Å². The Morgan fingerprint density at radius 2 is 2.14 bits per heavy atom. The highest BCUT2D eigenvalue weighted by atomic mass is 16.2. The van der Waals surface area contributed by atoms with E-state index in [0.717, 1.165) is 19.5 Å². The molecule has 4 nitrogen and oxygen atoms in total. The van der Waals surface area contributed by atoms with E-state index in [2.05, 4.69) is 24.6 Å². The quantitative estimate of drug-likeness (QED) is 0.639. The summed E-state index contributed by atoms with van der Waals surface area (Å²) in [6, 6.07) is 0. The maximum atomic E-state index is 12.0. The molecule has 14 heavy (non-hydrogen) atoms. The van der Waals surface area contributed by atoms with E-state index in [9.17, 15) is 4.79 Å². The van der Waals surface area contributed by atoms with E-state index in [0.29, 0.717) is 5.92 Å². The van der Waals surface area contributed by atoms with Crippen LogP contribution in [-0.4, -0.2) is 38.1 Å². The van der Waals surface area contributed by atoms with Crippen molar-refractivity contribution in [1.82, 2.24) is 15.8 Å². The van der Waals surface area contributed by atoms with Crippen LogP contribution in [0.1, 0.15) is 20.3 Å². The molecule has 1 saturated heterocycles. The second-order valence-electron chi connectivity index (χ2n) is 4.57. The monoisotopic (exact) mass is 199 g/mol. The number of nitrogens with zero attached hydrogens (tertiary/aromatic N) is 1. The molecule has 1 heterocycles. The molecule has 0 radical (unpaired) electrons. The smallest absolute Gasteiger partial charge is 0.242 e. The molecule has 0 bridgehead atoms. The standard InChI is InChI=1S/C10H21N3O/c1-8(2)10(5-6-11-7-10)9(14)12-13(3)4/h8,11H,5-7H2,1-4H3,(H,12,14). The van der Waals surface area contributed by atoms with Gasteiger partial charge in [0.25, 0.3) is 0 Å². The summed E-state index contributed by atoms with van der Waals surface area (Å²) in [6.07, 6.45) is 0.935. The van der Waals surface area contributed by atoms with Crippen LogP contribution in [0.4, 0.5) is 0 Å². The van der Waals surface area contributed by atoms with Crippen LogP contribution in [0.25, 0.3) is 0 Å². The van der Waals surface area contributed by atoms with Crippen LogP contribution in [-0.2, 0) is 4.79 Å². The van der Waals surface area contributed by atoms with Gasteiger partial charge >= 0.3 is 0 Å². The highest BCUT2D eigenvalue weighted by Crippen LogP contribution is 2.34. The molecule has 0 aliphatic carbocycles. The van der Waals surface area contributed by atoms with E-state index in [1.54, 1.807) is 5.01 Å². The van der Waals surface area contributed by atoms with Crippen molar-refractivity contribution >= 4 is 5.91 Å². The number of amides is 1. The Hall–Kier alpha value is -0.610. The first-order chi connectivity index (χ1) is 6.49. The van der Waals surface area contributed by atoms with Gasteiger partial charge in [-0.05, 0) is 18.9 Å². The first kappa shape index (κ1) is 11.5. The van der Waals surface area contributed by atoms with Gasteiger partial charge in [-0.3, -0.25) is 10.2 Å². The Labute approximate surface area is 86.0 Å². The van der Waals surface area contributed by atoms with E-state index in [1.807, 2.05) is 14.1 Å². The van der Waals surface area contributed by atoms with Crippen LogP contribution >= 0.6 is 0 Å². The number of carbonyl (C=O) groups is 1. The van der Waals surface area contributed by atoms with Crippen molar-refractivity contribution in [2.24, 2.45) is 11.3 Å². The van der Waals surface area contributed by atoms with E-state index in [4.69, 9.17) is 0 Å². The third-order valence-electron chi connectivity index (χ3n) is 3.07. The summed E-state index contributed by atoms with van der Waals surface area (Å²) in [5.74, 6) is 0.514. The van der Waals surface area contributed by atoms with E-state index < -0.39 is 0 Å². The molecule has 1 aliphatic heterocycles. The van der Waals surface area contributed by atoms with E-state index >= 15 is 0 Å². The molecule has 2 N–H and O–H groups in total. The van der Waals surface area contributed by atoms with Crippen molar-refractivity contribution in [3.8, 4) is 0 Å². The van der Waals surface area contributed by atoms with Crippen LogP contribution in [0.2, 0.25) is 0 Å². The Bertz CT molecular complexity index is 207. The van der Waals surface area contributed by atoms with Crippen molar-refractivity contribution < 1.29 is 4.79 Å². The summed E-state index contributed by atoms with van der Waals surface area (Å²) in [4.78, 5) is 12.0. The van der Waals surface area contributed by atoms with Crippen molar-refractivity contribution in [3.63, 3.8) is 0 Å². The first-order valence-corrected chi connectivity index (χ1v) is 5.18. The normalized spacial score (nSPS) is 27.3. The zero-order valence-corrected chi connectivity index (χ0v) is 9.55. The fourth-order valence-electron chi connectivity index (χ4n) is 1.97. The number of hydrogen-bond acceptors (Lipinski definition) is 3. The molecule has 0 aromatic heterocycles. The predicted molar refractivity (Wildman–Crippen MR) is 56.6 cm³/mol. The molecule has 82 valence electrons. The SMILES string of the molecule is CC(C)C1(C(=O)NN(C)C)CCNC1. The minimum atomic E-state index is -0.218. The molecule has 4 heteroatoms. The average Bonchev–Trinajstić information content (AvgIpc) is 2.51. The van der Waals surface area contributed by atoms with Gasteiger partial charge in [-0.25, -0.2) is 5.01 Å². The minimum Gasteiger partial charge on any atom is -0.316 e. The molecule has 0 aromatic rings. The first-order valence-electron chi connectivity index (χ1n) is 5.18. The fourth-order valence-corrected chi connectivity index (χ4v) is 1.97. The summed E-state index contributed by atoms with van der Waals surface area (Å²) in [7, 11) is 3.68. The van der Waals surface area contributed by atoms with E-state index in [1.165, 1.54) is 0 Å². The van der Waals surface area contributed by atoms with Crippen LogP contribution < -0.4 is 10.7 Å². The largest absolute Gasteiger partial charge is 0.316 e. The number of hydrogen-bond donors (Lipinski definition) is 2. The van der Waals surface area contributed by atoms with Gasteiger partial charge in [0.15, 0.2) is 0 Å². The van der Waals surface area contributed by atoms with Gasteiger partial charge in [-0.1, -0.05) is 13.8 Å². The summed E-state index contributed by atoms with van der Waals surface area (Å²) >= 11 is 0. The molecule has 0 spiro atoms. The van der Waals surface area contributed by atoms with Crippen molar-refractivity contribution in [1.29, 1.82) is 0 Å². The van der Waals surface area contributed by atoms with Gasteiger partial charge in [-0.2, -0.15) is 0 Å². The summed E-state index contributed by atoms with van der Waals surface area (Å²) in [6.45, 7) is 5.97. The maximum Gasteiger partial charge on any atom is 0.242 e. The lowest BCUT2D eigenvalue weighted by molar-refractivity contribution is -0.136. The van der Waals surface area contributed by atoms with Gasteiger partial charge < -0.3 is 5.32 Å². The topological polar surface area (TPSA) is 44.4 Å². The summed E-state index contributed by atoms with van der Waals surface area (Å²) < 4.78 is 0. The van der Waals surface area contributed by atoms with E-state index in [-0.39, 0.29) is 11.3 Å². The molecule has 1 aliphatic rings. The number of carbonyl (C=O) groups excluding carboxylic acids is 1. The van der Waals surface area contributed by atoms with Crippen molar-refractivity contribution in [2.45, 2.75) is 20.3 Å². The third-order valence-corrected chi connectivity index (χ3v) is 3.07. The molecule has 0 aromatic carbocycles. The van der Waals surface area contributed by atoms with Crippen LogP contribution in [0, 0.1) is 11.3 Å². The summed E-state index contributed by atoms with van der Waals surface area (Å²) in [5, 5.41) is 4.98. The maximum absolute atomic E-state index is 12.0. The Kier molecular flexibility index (Phi) is 3.50. The second-order valence-corrected chi connectivity index (χ2v) is 4.57. The van der Waals surface area contributed by atoms with Crippen LogP contribution in [0.15, 0.2) is 0 Å². The predicted octanol–water partition coefficient (Wildman–Crippen LogP) is 0.215. The zero-order valence-electron chi connectivity index (χ0n) is 9.55. The average molecular weight is 199 g/mol. The Balaban J connectivity index is 2.72. The number of nitrogens with one attached hydrogen (secondary N) is 2. The lowest BCUT2D eigenvalue weighted by Crippen LogP contribution is -2.50. The van der Waals surface area contributed by atoms with Gasteiger partial charge in [0.2, 0.25) is 5.91 Å². The molecule has 1 rings (SSSR count). The second kappa shape index (κ2) is 4.28. The molecule has 1 atom stereocenters. The Morgan fingerprint density at radius 3 is 2.50 bits per heavy atom. The highest BCUT2D eigenvalue weighted by Gasteiger charge is 2.43. The molecular weight excluding hydrogens is 178 g/mol. The van der Waals surface area contributed by atoms with Crippen LogP contribution in [0.5, 0.6) is 0 Å². The van der Waals surface area contributed by atoms with Crippen LogP contribution in [0.3, 0.4) is 0 Å². The molecule has 1 fully saturated rings. The lowest BCUT2D eigenvalue weighted by atomic mass is 9.76. The molecular formula is C10H21N3O. The highest BCUT2D eigenvalue weighted by molar-refractivity contribution is 5.83. The number of rotatable bonds is 3. The van der Waals surface area contributed by atoms with Crippen molar-refractivity contribution in [3.05, 3.63) is 0 Å². The molecule has 0 saturated carbocycles. The zero-order chi connectivity index (χ0) is 10.8. The molecule has 1 unspecified atom stereocenters. The number of hydrazine groups is 1. The third kappa shape index (κ3) is 2.07. The fraction of sp³-hybridized carbons (Fsp3) is 0.900.